The summed E-state index contributed by atoms with van der Waals surface area (Å²) in [5, 5.41) is 3.61. The molecule has 6 heteroatoms. The number of nitrogens with zero attached hydrogens (tertiary/aromatic N) is 1. The van der Waals surface area contributed by atoms with E-state index < -0.39 is 0 Å². The van der Waals surface area contributed by atoms with Crippen molar-refractivity contribution in [1.29, 1.82) is 0 Å². The third-order valence-corrected chi connectivity index (χ3v) is 8.23. The van der Waals surface area contributed by atoms with Crippen LogP contribution in [0.25, 0.3) is 0 Å². The Kier molecular flexibility index (Phi) is 5.78. The highest BCUT2D eigenvalue weighted by Crippen LogP contribution is 2.43. The summed E-state index contributed by atoms with van der Waals surface area (Å²) < 4.78 is 6.30. The molecule has 3 fully saturated rings. The average molecular weight is 379 g/mol. The molecular weight excluding hydrogens is 352 g/mol. The van der Waals surface area contributed by atoms with Crippen molar-refractivity contribution in [3.63, 3.8) is 0 Å². The predicted octanol–water partition coefficient (Wildman–Crippen LogP) is 3.29. The maximum atomic E-state index is 12.5. The number of hydrogen-bond donors (Lipinski definition) is 1. The molecule has 3 aliphatic rings. The van der Waals surface area contributed by atoms with E-state index in [-0.39, 0.29) is 12.5 Å². The molecule has 1 N–H and O–H groups in total. The van der Waals surface area contributed by atoms with Crippen molar-refractivity contribution in [3.05, 3.63) is 29.8 Å². The summed E-state index contributed by atoms with van der Waals surface area (Å²) in [6, 6.07) is 9.37. The fraction of sp³-hybridized carbons (Fsp3) is 0.632. The van der Waals surface area contributed by atoms with Gasteiger partial charge in [0, 0.05) is 25.2 Å². The molecule has 1 aromatic rings. The van der Waals surface area contributed by atoms with Crippen LogP contribution in [0.2, 0.25) is 0 Å². The Morgan fingerprint density at radius 1 is 1.12 bits per heavy atom. The lowest BCUT2D eigenvalue weighted by Gasteiger charge is -2.24. The molecule has 1 amide bonds. The lowest BCUT2D eigenvalue weighted by Crippen LogP contribution is -2.41. The van der Waals surface area contributed by atoms with Crippen LogP contribution in [0.5, 0.6) is 5.75 Å². The van der Waals surface area contributed by atoms with Gasteiger partial charge in [0.15, 0.2) is 6.61 Å². The van der Waals surface area contributed by atoms with E-state index in [2.05, 4.69) is 17.4 Å². The van der Waals surface area contributed by atoms with Gasteiger partial charge in [0.05, 0.1) is 4.58 Å². The summed E-state index contributed by atoms with van der Waals surface area (Å²) in [5.41, 5.74) is 1.35. The zero-order valence-corrected chi connectivity index (χ0v) is 16.1. The van der Waals surface area contributed by atoms with Crippen molar-refractivity contribution in [2.24, 2.45) is 0 Å². The second-order valence-corrected chi connectivity index (χ2v) is 9.78. The molecule has 3 aliphatic heterocycles. The maximum absolute atomic E-state index is 12.5. The predicted molar refractivity (Wildman–Crippen MR) is 105 cm³/mol. The Bertz CT molecular complexity index is 590. The fourth-order valence-electron chi connectivity index (χ4n) is 3.81. The Hall–Kier alpha value is -0.850. The van der Waals surface area contributed by atoms with Crippen LogP contribution in [-0.2, 0) is 4.79 Å². The first kappa shape index (κ1) is 17.6. The van der Waals surface area contributed by atoms with Gasteiger partial charge in [-0.25, -0.2) is 0 Å². The van der Waals surface area contributed by atoms with Crippen LogP contribution in [0, 0.1) is 0 Å². The molecule has 0 saturated carbocycles. The van der Waals surface area contributed by atoms with Gasteiger partial charge in [-0.05, 0) is 54.9 Å². The van der Waals surface area contributed by atoms with Gasteiger partial charge in [0.2, 0.25) is 0 Å². The largest absolute Gasteiger partial charge is 0.484 e. The number of likely N-dealkylation sites (tertiary alicyclic amines) is 1. The summed E-state index contributed by atoms with van der Waals surface area (Å²) in [7, 11) is 0. The third kappa shape index (κ3) is 4.47. The van der Waals surface area contributed by atoms with Crippen LogP contribution in [0.3, 0.4) is 0 Å². The molecule has 0 spiro atoms. The summed E-state index contributed by atoms with van der Waals surface area (Å²) in [5.74, 6) is 3.39. The van der Waals surface area contributed by atoms with E-state index in [0.29, 0.717) is 16.7 Å². The first-order valence-corrected chi connectivity index (χ1v) is 11.4. The van der Waals surface area contributed by atoms with E-state index in [1.807, 2.05) is 40.6 Å². The van der Waals surface area contributed by atoms with Crippen LogP contribution in [0.1, 0.15) is 35.8 Å². The van der Waals surface area contributed by atoms with Gasteiger partial charge in [-0.15, -0.1) is 23.5 Å². The van der Waals surface area contributed by atoms with Crippen molar-refractivity contribution in [3.8, 4) is 5.75 Å². The number of benzene rings is 1. The van der Waals surface area contributed by atoms with E-state index >= 15 is 0 Å². The Morgan fingerprint density at radius 2 is 1.88 bits per heavy atom. The molecule has 136 valence electrons. The van der Waals surface area contributed by atoms with Gasteiger partial charge in [0.25, 0.3) is 5.91 Å². The van der Waals surface area contributed by atoms with E-state index in [4.69, 9.17) is 4.74 Å². The molecule has 2 atom stereocenters. The highest BCUT2D eigenvalue weighted by molar-refractivity contribution is 8.16. The number of carbonyl (C=O) groups is 1. The number of rotatable bonds is 4. The molecule has 1 aromatic carbocycles. The quantitative estimate of drug-likeness (QED) is 0.871. The minimum atomic E-state index is 0.108. The lowest BCUT2D eigenvalue weighted by atomic mass is 10.1. The smallest absolute Gasteiger partial charge is 0.260 e. The Labute approximate surface area is 158 Å². The second kappa shape index (κ2) is 8.23. The summed E-state index contributed by atoms with van der Waals surface area (Å²) >= 11 is 4.04. The topological polar surface area (TPSA) is 41.6 Å². The highest BCUT2D eigenvalue weighted by atomic mass is 32.2. The third-order valence-electron chi connectivity index (χ3n) is 5.22. The van der Waals surface area contributed by atoms with Crippen molar-refractivity contribution in [1.82, 2.24) is 10.2 Å². The number of carbonyl (C=O) groups excluding carboxylic acids is 1. The highest BCUT2D eigenvalue weighted by Gasteiger charge is 2.31. The number of thioether (sulfide) groups is 2. The molecule has 3 saturated heterocycles. The molecule has 4 nitrogen and oxygen atoms in total. The zero-order chi connectivity index (χ0) is 17.1. The number of nitrogens with one attached hydrogen (secondary N) is 1. The van der Waals surface area contributed by atoms with Crippen molar-refractivity contribution < 1.29 is 9.53 Å². The standard InChI is InChI=1S/C19H26N2O2S2/c22-18(21-9-8-15-4-5-16(12-21)20-15)13-23-17-6-2-14(3-7-17)19-24-10-1-11-25-19/h2-3,6-7,15-16,19-20H,1,4-5,8-13H2. The van der Waals surface area contributed by atoms with Gasteiger partial charge in [-0.2, -0.15) is 0 Å². The number of fused-ring (bicyclic) bond motifs is 2. The van der Waals surface area contributed by atoms with Crippen LogP contribution in [0.15, 0.2) is 24.3 Å². The summed E-state index contributed by atoms with van der Waals surface area (Å²) in [4.78, 5) is 14.5. The van der Waals surface area contributed by atoms with E-state index in [1.54, 1.807) is 0 Å². The van der Waals surface area contributed by atoms with Crippen LogP contribution in [-0.4, -0.2) is 54.1 Å². The zero-order valence-electron chi connectivity index (χ0n) is 14.5. The first-order valence-electron chi connectivity index (χ1n) is 9.28. The molecule has 4 rings (SSSR count). The van der Waals surface area contributed by atoms with Crippen LogP contribution < -0.4 is 10.1 Å². The van der Waals surface area contributed by atoms with Crippen molar-refractivity contribution in [2.75, 3.05) is 31.2 Å². The lowest BCUT2D eigenvalue weighted by molar-refractivity contribution is -0.133. The average Bonchev–Trinajstić information content (AvgIpc) is 2.99. The fourth-order valence-corrected chi connectivity index (χ4v) is 6.70. The summed E-state index contributed by atoms with van der Waals surface area (Å²) in [6.45, 7) is 1.82. The molecule has 3 heterocycles. The van der Waals surface area contributed by atoms with E-state index in [1.165, 1.54) is 36.3 Å². The van der Waals surface area contributed by atoms with Crippen LogP contribution >= 0.6 is 23.5 Å². The van der Waals surface area contributed by atoms with E-state index in [0.717, 1.165) is 25.3 Å². The molecule has 0 radical (unpaired) electrons. The minimum absolute atomic E-state index is 0.108. The SMILES string of the molecule is O=C(COc1ccc(C2SCCCS2)cc1)N1CCC2CCC(C1)N2. The van der Waals surface area contributed by atoms with Gasteiger partial charge in [-0.3, -0.25) is 4.79 Å². The Balaban J connectivity index is 1.28. The molecule has 0 aliphatic carbocycles. The van der Waals surface area contributed by atoms with Gasteiger partial charge in [0.1, 0.15) is 5.75 Å². The maximum Gasteiger partial charge on any atom is 0.260 e. The molecule has 25 heavy (non-hydrogen) atoms. The van der Waals surface area contributed by atoms with Gasteiger partial charge < -0.3 is 15.0 Å². The molecule has 0 aromatic heterocycles. The van der Waals surface area contributed by atoms with Crippen molar-refractivity contribution in [2.45, 2.75) is 42.3 Å². The van der Waals surface area contributed by atoms with Gasteiger partial charge >= 0.3 is 0 Å². The molecule has 2 unspecified atom stereocenters. The number of ether oxygens (including phenoxy) is 1. The van der Waals surface area contributed by atoms with Crippen LogP contribution in [0.4, 0.5) is 0 Å². The summed E-state index contributed by atoms with van der Waals surface area (Å²) in [6.07, 6.45) is 4.82. The first-order chi connectivity index (χ1) is 12.3. The van der Waals surface area contributed by atoms with Crippen molar-refractivity contribution >= 4 is 29.4 Å². The van der Waals surface area contributed by atoms with Gasteiger partial charge in [-0.1, -0.05) is 12.1 Å². The monoisotopic (exact) mass is 378 g/mol. The molecule has 2 bridgehead atoms. The van der Waals surface area contributed by atoms with E-state index in [9.17, 15) is 4.79 Å². The Morgan fingerprint density at radius 3 is 2.68 bits per heavy atom. The normalized spacial score (nSPS) is 27.1. The number of hydrogen-bond acceptors (Lipinski definition) is 5. The molecular formula is C19H26N2O2S2. The minimum Gasteiger partial charge on any atom is -0.484 e. The second-order valence-electron chi connectivity index (χ2n) is 7.05. The number of amides is 1.